The Balaban J connectivity index is 2.07. The van der Waals surface area contributed by atoms with Crippen LogP contribution in [0.4, 0.5) is 0 Å². The van der Waals surface area contributed by atoms with Crippen molar-refractivity contribution in [1.29, 1.82) is 0 Å². The van der Waals surface area contributed by atoms with Crippen LogP contribution in [0, 0.1) is 0 Å². The van der Waals surface area contributed by atoms with Gasteiger partial charge in [-0.25, -0.2) is 4.79 Å². The van der Waals surface area contributed by atoms with Gasteiger partial charge in [0.15, 0.2) is 23.9 Å². The molecular formula is C22H24O6. The fourth-order valence-corrected chi connectivity index (χ4v) is 3.42. The van der Waals surface area contributed by atoms with Crippen LogP contribution < -0.4 is 14.2 Å². The standard InChI is InChI=1S/C22H24O6/c1-13(2)28-20(24)12-27-21-17(9-11-19(25-3)22(21)26-4)14-6-5-7-16-15(14)8-10-18(16)23/h5-7,9,11,13H,8,10,12H2,1-4H3. The molecule has 0 bridgehead atoms. The summed E-state index contributed by atoms with van der Waals surface area (Å²) in [5.41, 5.74) is 3.34. The van der Waals surface area contributed by atoms with Gasteiger partial charge in [-0.2, -0.15) is 0 Å². The Morgan fingerprint density at radius 1 is 0.964 bits per heavy atom. The topological polar surface area (TPSA) is 71.1 Å². The zero-order chi connectivity index (χ0) is 20.3. The van der Waals surface area contributed by atoms with E-state index in [-0.39, 0.29) is 18.5 Å². The average molecular weight is 384 g/mol. The number of hydrogen-bond acceptors (Lipinski definition) is 6. The lowest BCUT2D eigenvalue weighted by molar-refractivity contribution is -0.149. The minimum Gasteiger partial charge on any atom is -0.493 e. The van der Waals surface area contributed by atoms with Crippen LogP contribution in [-0.4, -0.2) is 38.7 Å². The Kier molecular flexibility index (Phi) is 5.87. The van der Waals surface area contributed by atoms with Gasteiger partial charge in [0.05, 0.1) is 20.3 Å². The van der Waals surface area contributed by atoms with Gasteiger partial charge < -0.3 is 18.9 Å². The minimum atomic E-state index is -0.473. The molecule has 0 N–H and O–H groups in total. The largest absolute Gasteiger partial charge is 0.493 e. The van der Waals surface area contributed by atoms with Gasteiger partial charge in [0.1, 0.15) is 0 Å². The van der Waals surface area contributed by atoms with E-state index in [1.807, 2.05) is 24.3 Å². The number of hydrogen-bond donors (Lipinski definition) is 0. The highest BCUT2D eigenvalue weighted by Gasteiger charge is 2.26. The molecule has 0 amide bonds. The summed E-state index contributed by atoms with van der Waals surface area (Å²) in [6.45, 7) is 3.29. The van der Waals surface area contributed by atoms with E-state index in [1.54, 1.807) is 19.9 Å². The lowest BCUT2D eigenvalue weighted by atomic mass is 9.95. The molecule has 6 nitrogen and oxygen atoms in total. The molecule has 3 rings (SSSR count). The summed E-state index contributed by atoms with van der Waals surface area (Å²) in [6, 6.07) is 9.27. The molecule has 0 fully saturated rings. The van der Waals surface area contributed by atoms with Crippen molar-refractivity contribution in [3.63, 3.8) is 0 Å². The van der Waals surface area contributed by atoms with Crippen LogP contribution in [-0.2, 0) is 16.0 Å². The second kappa shape index (κ2) is 8.33. The molecule has 6 heteroatoms. The van der Waals surface area contributed by atoms with E-state index in [1.165, 1.54) is 14.2 Å². The lowest BCUT2D eigenvalue weighted by Gasteiger charge is -2.19. The molecule has 0 heterocycles. The Labute approximate surface area is 164 Å². The van der Waals surface area contributed by atoms with Crippen molar-refractivity contribution >= 4 is 11.8 Å². The van der Waals surface area contributed by atoms with Crippen LogP contribution >= 0.6 is 0 Å². The number of rotatable bonds is 7. The van der Waals surface area contributed by atoms with E-state index in [4.69, 9.17) is 18.9 Å². The molecule has 0 atom stereocenters. The SMILES string of the molecule is COc1ccc(-c2cccc3c2CCC3=O)c(OCC(=O)OC(C)C)c1OC. The number of benzene rings is 2. The van der Waals surface area contributed by atoms with Gasteiger partial charge in [0.25, 0.3) is 0 Å². The highest BCUT2D eigenvalue weighted by Crippen LogP contribution is 2.46. The first-order chi connectivity index (χ1) is 13.5. The number of fused-ring (bicyclic) bond motifs is 1. The summed E-state index contributed by atoms with van der Waals surface area (Å²) in [6.07, 6.45) is 0.940. The molecule has 2 aromatic carbocycles. The number of Topliss-reactive ketones (excluding diaryl/α,β-unsaturated/α-hetero) is 1. The van der Waals surface area contributed by atoms with Gasteiger partial charge in [-0.05, 0) is 43.5 Å². The maximum atomic E-state index is 12.1. The van der Waals surface area contributed by atoms with E-state index >= 15 is 0 Å². The lowest BCUT2D eigenvalue weighted by Crippen LogP contribution is -2.19. The first-order valence-corrected chi connectivity index (χ1v) is 9.19. The maximum absolute atomic E-state index is 12.1. The van der Waals surface area contributed by atoms with Gasteiger partial charge in [0, 0.05) is 17.5 Å². The Morgan fingerprint density at radius 3 is 2.39 bits per heavy atom. The van der Waals surface area contributed by atoms with Crippen molar-refractivity contribution in [3.05, 3.63) is 41.5 Å². The van der Waals surface area contributed by atoms with Crippen molar-refractivity contribution < 1.29 is 28.5 Å². The molecule has 28 heavy (non-hydrogen) atoms. The third-order valence-electron chi connectivity index (χ3n) is 4.57. The van der Waals surface area contributed by atoms with Crippen LogP contribution in [0.25, 0.3) is 11.1 Å². The first kappa shape index (κ1) is 19.7. The average Bonchev–Trinajstić information content (AvgIpc) is 3.06. The van der Waals surface area contributed by atoms with Crippen molar-refractivity contribution in [3.8, 4) is 28.4 Å². The molecule has 0 aromatic heterocycles. The number of carbonyl (C=O) groups is 2. The second-order valence-electron chi connectivity index (χ2n) is 6.76. The highest BCUT2D eigenvalue weighted by atomic mass is 16.6. The van der Waals surface area contributed by atoms with Crippen molar-refractivity contribution in [2.45, 2.75) is 32.8 Å². The molecule has 0 spiro atoms. The summed E-state index contributed by atoms with van der Waals surface area (Å²) in [5.74, 6) is 0.927. The molecule has 1 aliphatic rings. The number of esters is 1. The summed E-state index contributed by atoms with van der Waals surface area (Å²) in [7, 11) is 3.05. The Hall–Kier alpha value is -3.02. The predicted octanol–water partition coefficient (Wildman–Crippen LogP) is 3.83. The first-order valence-electron chi connectivity index (χ1n) is 9.19. The van der Waals surface area contributed by atoms with Gasteiger partial charge in [-0.15, -0.1) is 0 Å². The Morgan fingerprint density at radius 2 is 1.71 bits per heavy atom. The van der Waals surface area contributed by atoms with Crippen molar-refractivity contribution in [2.75, 3.05) is 20.8 Å². The third-order valence-corrected chi connectivity index (χ3v) is 4.57. The molecule has 0 saturated heterocycles. The smallest absolute Gasteiger partial charge is 0.344 e. The summed E-state index contributed by atoms with van der Waals surface area (Å²) in [5, 5.41) is 0. The fourth-order valence-electron chi connectivity index (χ4n) is 3.42. The van der Waals surface area contributed by atoms with Gasteiger partial charge >= 0.3 is 5.97 Å². The van der Waals surface area contributed by atoms with E-state index in [9.17, 15) is 9.59 Å². The molecule has 0 radical (unpaired) electrons. The maximum Gasteiger partial charge on any atom is 0.344 e. The minimum absolute atomic E-state index is 0.139. The number of ether oxygens (including phenoxy) is 4. The highest BCUT2D eigenvalue weighted by molar-refractivity contribution is 6.02. The molecule has 148 valence electrons. The molecule has 1 aliphatic carbocycles. The summed E-state index contributed by atoms with van der Waals surface area (Å²) < 4.78 is 21.9. The monoisotopic (exact) mass is 384 g/mol. The van der Waals surface area contributed by atoms with Gasteiger partial charge in [-0.1, -0.05) is 18.2 Å². The third kappa shape index (κ3) is 3.81. The van der Waals surface area contributed by atoms with Crippen LogP contribution in [0.15, 0.2) is 30.3 Å². The van der Waals surface area contributed by atoms with Crippen LogP contribution in [0.5, 0.6) is 17.2 Å². The molecular weight excluding hydrogens is 360 g/mol. The number of methoxy groups -OCH3 is 2. The zero-order valence-electron chi connectivity index (χ0n) is 16.5. The van der Waals surface area contributed by atoms with Gasteiger partial charge in [0.2, 0.25) is 5.75 Å². The normalized spacial score (nSPS) is 12.7. The van der Waals surface area contributed by atoms with E-state index in [0.717, 1.165) is 22.3 Å². The van der Waals surface area contributed by atoms with Crippen molar-refractivity contribution in [1.82, 2.24) is 0 Å². The summed E-state index contributed by atoms with van der Waals surface area (Å²) >= 11 is 0. The molecule has 0 aliphatic heterocycles. The van der Waals surface area contributed by atoms with Crippen LogP contribution in [0.2, 0.25) is 0 Å². The fraction of sp³-hybridized carbons (Fsp3) is 0.364. The summed E-state index contributed by atoms with van der Waals surface area (Å²) in [4.78, 5) is 24.1. The molecule has 0 saturated carbocycles. The van der Waals surface area contributed by atoms with Crippen molar-refractivity contribution in [2.24, 2.45) is 0 Å². The predicted molar refractivity (Wildman–Crippen MR) is 104 cm³/mol. The number of ketones is 1. The zero-order valence-corrected chi connectivity index (χ0v) is 16.5. The van der Waals surface area contributed by atoms with Gasteiger partial charge in [-0.3, -0.25) is 4.79 Å². The van der Waals surface area contributed by atoms with E-state index in [2.05, 4.69) is 0 Å². The number of carbonyl (C=O) groups excluding carboxylic acids is 2. The van der Waals surface area contributed by atoms with E-state index < -0.39 is 5.97 Å². The van der Waals surface area contributed by atoms with E-state index in [0.29, 0.717) is 30.1 Å². The molecule has 2 aromatic rings. The van der Waals surface area contributed by atoms with Crippen LogP contribution in [0.1, 0.15) is 36.2 Å². The molecule has 0 unspecified atom stereocenters. The quantitative estimate of drug-likeness (QED) is 0.676. The Bertz CT molecular complexity index is 900. The van der Waals surface area contributed by atoms with Crippen LogP contribution in [0.3, 0.4) is 0 Å². The second-order valence-corrected chi connectivity index (χ2v) is 6.76.